The van der Waals surface area contributed by atoms with E-state index in [0.29, 0.717) is 26.2 Å². The van der Waals surface area contributed by atoms with Gasteiger partial charge in [-0.15, -0.1) is 12.4 Å². The second-order valence-corrected chi connectivity index (χ2v) is 5.81. The van der Waals surface area contributed by atoms with Gasteiger partial charge < -0.3 is 31.5 Å². The predicted molar refractivity (Wildman–Crippen MR) is 96.2 cm³/mol. The van der Waals surface area contributed by atoms with E-state index in [2.05, 4.69) is 10.6 Å². The molecule has 1 aliphatic rings. The van der Waals surface area contributed by atoms with Crippen molar-refractivity contribution in [1.82, 2.24) is 15.5 Å². The Morgan fingerprint density at radius 2 is 1.88 bits per heavy atom. The maximum absolute atomic E-state index is 12.6. The molecule has 0 saturated carbocycles. The molecule has 0 bridgehead atoms. The largest absolute Gasteiger partial charge is 0.508 e. The van der Waals surface area contributed by atoms with Gasteiger partial charge in [-0.25, -0.2) is 0 Å². The molecule has 1 aromatic carbocycles. The lowest BCUT2D eigenvalue weighted by Gasteiger charge is -2.31. The molecule has 0 aromatic heterocycles. The van der Waals surface area contributed by atoms with E-state index in [1.165, 1.54) is 12.1 Å². The number of carbonyl (C=O) groups excluding carboxylic acids is 3. The second-order valence-electron chi connectivity index (χ2n) is 5.81. The van der Waals surface area contributed by atoms with Gasteiger partial charge >= 0.3 is 0 Å². The molecule has 1 atom stereocenters. The fourth-order valence-corrected chi connectivity index (χ4v) is 2.60. The van der Waals surface area contributed by atoms with Gasteiger partial charge in [-0.2, -0.15) is 0 Å². The Labute approximate surface area is 157 Å². The zero-order valence-corrected chi connectivity index (χ0v) is 14.9. The number of carbonyl (C=O) groups is 3. The summed E-state index contributed by atoms with van der Waals surface area (Å²) in [5.41, 5.74) is 5.07. The van der Waals surface area contributed by atoms with Crippen LogP contribution >= 0.6 is 12.4 Å². The number of aromatic hydroxyl groups is 2. The Balaban J connectivity index is 0.00000338. The number of phenolic OH excluding ortho intramolecular Hbond substituents is 2. The van der Waals surface area contributed by atoms with Crippen LogP contribution in [0.2, 0.25) is 0 Å². The number of piperazine rings is 1. The highest BCUT2D eigenvalue weighted by molar-refractivity contribution is 5.99. The Morgan fingerprint density at radius 3 is 2.46 bits per heavy atom. The van der Waals surface area contributed by atoms with Crippen molar-refractivity contribution in [1.29, 1.82) is 0 Å². The predicted octanol–water partition coefficient (Wildman–Crippen LogP) is -0.685. The number of hydrogen-bond acceptors (Lipinski definition) is 6. The Kier molecular flexibility index (Phi) is 8.14. The van der Waals surface area contributed by atoms with Crippen molar-refractivity contribution < 1.29 is 24.6 Å². The van der Waals surface area contributed by atoms with E-state index in [-0.39, 0.29) is 42.5 Å². The maximum Gasteiger partial charge on any atom is 0.255 e. The number of nitrogens with two attached hydrogens (primary N) is 1. The van der Waals surface area contributed by atoms with E-state index in [9.17, 15) is 24.6 Å². The summed E-state index contributed by atoms with van der Waals surface area (Å²) in [6, 6.07) is 2.61. The van der Waals surface area contributed by atoms with Crippen LogP contribution in [0.1, 0.15) is 23.2 Å². The summed E-state index contributed by atoms with van der Waals surface area (Å²) in [5.74, 6) is -2.12. The average Bonchev–Trinajstić information content (AvgIpc) is 2.58. The van der Waals surface area contributed by atoms with Gasteiger partial charge in [0.2, 0.25) is 11.8 Å². The molecule has 1 heterocycles. The molecule has 10 heteroatoms. The summed E-state index contributed by atoms with van der Waals surface area (Å²) < 4.78 is 0. The molecule has 0 radical (unpaired) electrons. The first-order valence-corrected chi connectivity index (χ1v) is 7.99. The highest BCUT2D eigenvalue weighted by Crippen LogP contribution is 2.22. The molecular formula is C16H23ClN4O5. The molecule has 9 nitrogen and oxygen atoms in total. The lowest BCUT2D eigenvalue weighted by molar-refractivity contribution is -0.134. The van der Waals surface area contributed by atoms with E-state index in [0.717, 1.165) is 6.07 Å². The number of primary amides is 1. The van der Waals surface area contributed by atoms with Crippen molar-refractivity contribution in [2.24, 2.45) is 5.73 Å². The Hall–Kier alpha value is -2.52. The summed E-state index contributed by atoms with van der Waals surface area (Å²) in [6.45, 7) is 2.32. The highest BCUT2D eigenvalue weighted by Gasteiger charge is 2.28. The lowest BCUT2D eigenvalue weighted by Crippen LogP contribution is -2.54. The first-order chi connectivity index (χ1) is 11.9. The van der Waals surface area contributed by atoms with Crippen molar-refractivity contribution in [3.05, 3.63) is 23.8 Å². The van der Waals surface area contributed by atoms with Crippen molar-refractivity contribution in [2.45, 2.75) is 18.9 Å². The van der Waals surface area contributed by atoms with Gasteiger partial charge in [-0.3, -0.25) is 14.4 Å². The van der Waals surface area contributed by atoms with E-state index >= 15 is 0 Å². The molecule has 2 rings (SSSR count). The van der Waals surface area contributed by atoms with Gasteiger partial charge in [0.1, 0.15) is 17.5 Å². The summed E-state index contributed by atoms with van der Waals surface area (Å²) in [4.78, 5) is 37.7. The minimum atomic E-state index is -0.925. The third-order valence-corrected chi connectivity index (χ3v) is 3.94. The molecule has 144 valence electrons. The fraction of sp³-hybridized carbons (Fsp3) is 0.438. The molecule has 1 fully saturated rings. The van der Waals surface area contributed by atoms with Crippen LogP contribution in [0.15, 0.2) is 18.2 Å². The van der Waals surface area contributed by atoms with Crippen LogP contribution in [0.4, 0.5) is 0 Å². The van der Waals surface area contributed by atoms with E-state index in [1.807, 2.05) is 0 Å². The minimum absolute atomic E-state index is 0. The minimum Gasteiger partial charge on any atom is -0.508 e. The molecule has 1 aliphatic heterocycles. The van der Waals surface area contributed by atoms with Crippen LogP contribution in [-0.2, 0) is 9.59 Å². The van der Waals surface area contributed by atoms with Crippen LogP contribution in [0.25, 0.3) is 0 Å². The number of rotatable bonds is 6. The van der Waals surface area contributed by atoms with Gasteiger partial charge in [-0.05, 0) is 18.6 Å². The molecule has 1 aromatic rings. The number of nitrogens with one attached hydrogen (secondary N) is 2. The number of benzene rings is 1. The normalized spacial score (nSPS) is 14.8. The fourth-order valence-electron chi connectivity index (χ4n) is 2.60. The van der Waals surface area contributed by atoms with E-state index < -0.39 is 23.6 Å². The van der Waals surface area contributed by atoms with Crippen LogP contribution < -0.4 is 16.4 Å². The van der Waals surface area contributed by atoms with E-state index in [1.54, 1.807) is 4.90 Å². The first kappa shape index (κ1) is 21.5. The van der Waals surface area contributed by atoms with Crippen molar-refractivity contribution in [3.8, 4) is 11.5 Å². The molecule has 3 amide bonds. The molecule has 0 unspecified atom stereocenters. The molecule has 26 heavy (non-hydrogen) atoms. The molecular weight excluding hydrogens is 364 g/mol. The summed E-state index contributed by atoms with van der Waals surface area (Å²) in [7, 11) is 0. The van der Waals surface area contributed by atoms with Gasteiger partial charge in [-0.1, -0.05) is 0 Å². The number of hydrogen-bond donors (Lipinski definition) is 5. The SMILES string of the molecule is Cl.NC(=O)CC[C@H](NC(=O)c1ccc(O)cc1O)C(=O)N1CCNCC1. The summed E-state index contributed by atoms with van der Waals surface area (Å²) >= 11 is 0. The van der Waals surface area contributed by atoms with Gasteiger partial charge in [0.15, 0.2) is 0 Å². The third kappa shape index (κ3) is 5.78. The topological polar surface area (TPSA) is 145 Å². The number of amides is 3. The lowest BCUT2D eigenvalue weighted by atomic mass is 10.1. The van der Waals surface area contributed by atoms with Crippen molar-refractivity contribution in [3.63, 3.8) is 0 Å². The number of nitrogens with zero attached hydrogens (tertiary/aromatic N) is 1. The molecule has 1 saturated heterocycles. The smallest absolute Gasteiger partial charge is 0.255 e. The van der Waals surface area contributed by atoms with Gasteiger partial charge in [0, 0.05) is 38.7 Å². The van der Waals surface area contributed by atoms with Crippen LogP contribution in [0, 0.1) is 0 Å². The first-order valence-electron chi connectivity index (χ1n) is 7.99. The van der Waals surface area contributed by atoms with Crippen LogP contribution in [0.3, 0.4) is 0 Å². The summed E-state index contributed by atoms with van der Waals surface area (Å²) in [5, 5.41) is 24.7. The Morgan fingerprint density at radius 1 is 1.23 bits per heavy atom. The number of halogens is 1. The zero-order chi connectivity index (χ0) is 18.4. The quantitative estimate of drug-likeness (QED) is 0.437. The van der Waals surface area contributed by atoms with Gasteiger partial charge in [0.25, 0.3) is 5.91 Å². The van der Waals surface area contributed by atoms with Crippen LogP contribution in [-0.4, -0.2) is 65.1 Å². The zero-order valence-electron chi connectivity index (χ0n) is 14.1. The molecule has 0 spiro atoms. The molecule has 6 N–H and O–H groups in total. The molecule has 0 aliphatic carbocycles. The maximum atomic E-state index is 12.6. The van der Waals surface area contributed by atoms with E-state index in [4.69, 9.17) is 5.73 Å². The second kappa shape index (κ2) is 9.83. The van der Waals surface area contributed by atoms with Crippen molar-refractivity contribution in [2.75, 3.05) is 26.2 Å². The van der Waals surface area contributed by atoms with Crippen LogP contribution in [0.5, 0.6) is 11.5 Å². The Bertz CT molecular complexity index is 664. The third-order valence-electron chi connectivity index (χ3n) is 3.94. The standard InChI is InChI=1S/C16H22N4O5.ClH/c17-14(23)4-3-12(16(25)20-7-5-18-6-8-20)19-15(24)11-2-1-10(21)9-13(11)22;/h1-2,9,12,18,21-22H,3-8H2,(H2,17,23)(H,19,24);1H/t12-;/m0./s1. The highest BCUT2D eigenvalue weighted by atomic mass is 35.5. The monoisotopic (exact) mass is 386 g/mol. The van der Waals surface area contributed by atoms with Gasteiger partial charge in [0.05, 0.1) is 5.56 Å². The number of phenols is 2. The summed E-state index contributed by atoms with van der Waals surface area (Å²) in [6.07, 6.45) is 0.0209. The van der Waals surface area contributed by atoms with Crippen molar-refractivity contribution >= 4 is 30.1 Å². The average molecular weight is 387 g/mol.